The molecular weight excluding hydrogens is 658 g/mol. The van der Waals surface area contributed by atoms with Crippen molar-refractivity contribution in [2.24, 2.45) is 17.2 Å². The second-order valence-electron chi connectivity index (χ2n) is 13.9. The van der Waals surface area contributed by atoms with E-state index in [1.54, 1.807) is 0 Å². The largest absolute Gasteiger partial charge is 0.394 e. The molecule has 2 aliphatic heterocycles. The van der Waals surface area contributed by atoms with Crippen LogP contribution in [0.25, 0.3) is 0 Å². The second kappa shape index (κ2) is 23.7. The van der Waals surface area contributed by atoms with E-state index in [4.69, 9.17) is 36.1 Å². The second-order valence-corrected chi connectivity index (χ2v) is 13.9. The lowest BCUT2D eigenvalue weighted by molar-refractivity contribution is -0.379. The number of nitrogens with two attached hydrogens (primary N) is 3. The van der Waals surface area contributed by atoms with Crippen LogP contribution in [0.2, 0.25) is 0 Å². The summed E-state index contributed by atoms with van der Waals surface area (Å²) in [7, 11) is 0. The Kier molecular flexibility index (Phi) is 21.4. The molecule has 2 heterocycles. The van der Waals surface area contributed by atoms with E-state index >= 15 is 0 Å². The molecule has 2 saturated heterocycles. The molecule has 0 saturated carbocycles. The van der Waals surface area contributed by atoms with Gasteiger partial charge in [-0.15, -0.1) is 0 Å². The van der Waals surface area contributed by atoms with Crippen LogP contribution in [-0.4, -0.2) is 152 Å². The summed E-state index contributed by atoms with van der Waals surface area (Å²) in [6.07, 6.45) is 0.261. The van der Waals surface area contributed by atoms with Crippen molar-refractivity contribution in [1.29, 1.82) is 0 Å². The fraction of sp³-hybridized carbons (Fsp3) is 0.971. The summed E-state index contributed by atoms with van der Waals surface area (Å²) in [4.78, 5) is 11.4. The lowest BCUT2D eigenvalue weighted by atomic mass is 9.86. The maximum Gasteiger partial charge on any atom is 0.187 e. The van der Waals surface area contributed by atoms with Crippen LogP contribution in [0.1, 0.15) is 103 Å². The molecule has 14 atom stereocenters. The van der Waals surface area contributed by atoms with Gasteiger partial charge in [0.05, 0.1) is 37.9 Å². The summed E-state index contributed by atoms with van der Waals surface area (Å²) in [6, 6.07) is -4.30. The van der Waals surface area contributed by atoms with Gasteiger partial charge < -0.3 is 81.8 Å². The summed E-state index contributed by atoms with van der Waals surface area (Å²) >= 11 is 0. The Morgan fingerprint density at radius 3 is 1.78 bits per heavy atom. The van der Waals surface area contributed by atoms with Crippen molar-refractivity contribution < 1.29 is 64.6 Å². The van der Waals surface area contributed by atoms with E-state index in [-0.39, 0.29) is 12.7 Å². The number of aldehydes is 1. The maximum absolute atomic E-state index is 11.5. The summed E-state index contributed by atoms with van der Waals surface area (Å²) in [5, 5.41) is 83.2. The monoisotopic (exact) mass is 725 g/mol. The zero-order valence-electron chi connectivity index (χ0n) is 29.7. The fourth-order valence-corrected chi connectivity index (χ4v) is 6.74. The normalized spacial score (nSPS) is 34.3. The molecule has 0 aromatic heterocycles. The number of hydrogen-bond acceptors (Lipinski definition) is 16. The number of aliphatic hydroxyl groups is 8. The molecule has 0 radical (unpaired) electrons. The van der Waals surface area contributed by atoms with Crippen molar-refractivity contribution in [2.75, 3.05) is 19.8 Å². The third-order valence-corrected chi connectivity index (χ3v) is 10.00. The first kappa shape index (κ1) is 45.2. The van der Waals surface area contributed by atoms with Gasteiger partial charge in [0.15, 0.2) is 12.1 Å². The van der Waals surface area contributed by atoms with Gasteiger partial charge in [0.25, 0.3) is 0 Å². The van der Waals surface area contributed by atoms with Crippen LogP contribution in [-0.2, 0) is 23.7 Å². The molecule has 14 N–H and O–H groups in total. The highest BCUT2D eigenvalue weighted by atomic mass is 16.7. The molecule has 0 amide bonds. The van der Waals surface area contributed by atoms with E-state index in [1.807, 2.05) is 0 Å². The summed E-state index contributed by atoms with van der Waals surface area (Å²) < 4.78 is 23.8. The van der Waals surface area contributed by atoms with Gasteiger partial charge in [0.2, 0.25) is 0 Å². The van der Waals surface area contributed by atoms with Gasteiger partial charge in [-0.1, -0.05) is 90.4 Å². The van der Waals surface area contributed by atoms with Crippen LogP contribution in [0.3, 0.4) is 0 Å². The van der Waals surface area contributed by atoms with Crippen LogP contribution in [0, 0.1) is 0 Å². The number of unbranched alkanes of at least 4 members (excludes halogenated alkanes) is 13. The Morgan fingerprint density at radius 1 is 0.780 bits per heavy atom. The summed E-state index contributed by atoms with van der Waals surface area (Å²) in [5.41, 5.74) is 18.3. The molecule has 2 rings (SSSR count). The van der Waals surface area contributed by atoms with Gasteiger partial charge in [0.1, 0.15) is 61.2 Å². The Hall–Kier alpha value is -0.930. The lowest BCUT2D eigenvalue weighted by Gasteiger charge is -2.53. The minimum Gasteiger partial charge on any atom is -0.394 e. The van der Waals surface area contributed by atoms with Crippen LogP contribution >= 0.6 is 0 Å². The highest BCUT2D eigenvalue weighted by molar-refractivity contribution is 5.58. The van der Waals surface area contributed by atoms with Crippen LogP contribution < -0.4 is 17.2 Å². The molecule has 2 aliphatic rings. The highest BCUT2D eigenvalue weighted by Crippen LogP contribution is 2.39. The predicted molar refractivity (Wildman–Crippen MR) is 182 cm³/mol. The first-order valence-corrected chi connectivity index (χ1v) is 18.5. The Labute approximate surface area is 296 Å². The minimum absolute atomic E-state index is 0.0150. The van der Waals surface area contributed by atoms with E-state index < -0.39 is 105 Å². The molecule has 0 aliphatic carbocycles. The Bertz CT molecular complexity index is 908. The number of rotatable bonds is 26. The van der Waals surface area contributed by atoms with Crippen molar-refractivity contribution in [3.8, 4) is 0 Å². The zero-order valence-corrected chi connectivity index (χ0v) is 29.7. The number of aliphatic hydroxyl groups excluding tert-OH is 8. The van der Waals surface area contributed by atoms with Gasteiger partial charge >= 0.3 is 0 Å². The van der Waals surface area contributed by atoms with Gasteiger partial charge in [-0.25, -0.2) is 0 Å². The smallest absolute Gasteiger partial charge is 0.187 e. The molecule has 2 fully saturated rings. The number of hydrogen-bond donors (Lipinski definition) is 11. The number of ether oxygens (including phenoxy) is 4. The quantitative estimate of drug-likeness (QED) is 0.0354. The summed E-state index contributed by atoms with van der Waals surface area (Å²) in [5.74, 6) is -1.98. The van der Waals surface area contributed by atoms with Crippen molar-refractivity contribution >= 4 is 6.29 Å². The standard InChI is InChI=1S/C34H67N3O13/c1-2-3-4-5-6-7-8-9-10-11-12-13-14-15-16-34(50-30(22(42)18-39)26(43)21(35)17-38)32(37)29(46)31(24(20-41)49-34)48-33-25(36)28(45)27(44)23(19-40)47-33/h17,21-33,39-46H,2-16,18-20,35-37H2,1H3/t21-,22+,23+,24+,25+,26+,27+,28+,29-,30+,31+,32+,33-,34-/m0/s1. The van der Waals surface area contributed by atoms with Crippen LogP contribution in [0.4, 0.5) is 0 Å². The van der Waals surface area contributed by atoms with Crippen molar-refractivity contribution in [3.63, 3.8) is 0 Å². The molecule has 50 heavy (non-hydrogen) atoms. The molecule has 16 heteroatoms. The molecular formula is C34H67N3O13. The van der Waals surface area contributed by atoms with Gasteiger partial charge in [-0.3, -0.25) is 0 Å². The molecule has 0 bridgehead atoms. The van der Waals surface area contributed by atoms with Gasteiger partial charge in [0, 0.05) is 6.42 Å². The highest BCUT2D eigenvalue weighted by Gasteiger charge is 2.57. The zero-order chi connectivity index (χ0) is 37.3. The SMILES string of the molecule is CCCCCCCCCCCCCCCC[C@@]1(O[C@@H]([C@H](O)[C@@H](N)C=O)[C@H](O)CO)O[C@H](CO)[C@@H](O[C@@H]2O[C@H](CO)[C@@H](O)[C@H](O)[C@H]2N)[C@H](O)[C@H]1N. The number of carbonyl (C=O) groups is 1. The Balaban J connectivity index is 2.14. The first-order valence-electron chi connectivity index (χ1n) is 18.5. The van der Waals surface area contributed by atoms with Crippen LogP contribution in [0.15, 0.2) is 0 Å². The Morgan fingerprint density at radius 2 is 1.30 bits per heavy atom. The summed E-state index contributed by atoms with van der Waals surface area (Å²) in [6.45, 7) is -0.0910. The van der Waals surface area contributed by atoms with E-state index in [0.717, 1.165) is 32.1 Å². The average Bonchev–Trinajstić information content (AvgIpc) is 3.12. The van der Waals surface area contributed by atoms with E-state index in [1.165, 1.54) is 51.4 Å². The molecule has 0 aromatic carbocycles. The third-order valence-electron chi connectivity index (χ3n) is 10.00. The van der Waals surface area contributed by atoms with E-state index in [9.17, 15) is 45.6 Å². The minimum atomic E-state index is -1.98. The van der Waals surface area contributed by atoms with Crippen LogP contribution in [0.5, 0.6) is 0 Å². The topological polar surface area (TPSA) is 294 Å². The van der Waals surface area contributed by atoms with Crippen molar-refractivity contribution in [3.05, 3.63) is 0 Å². The van der Waals surface area contributed by atoms with Crippen molar-refractivity contribution in [1.82, 2.24) is 0 Å². The maximum atomic E-state index is 11.5. The lowest BCUT2D eigenvalue weighted by Crippen LogP contribution is -2.73. The molecule has 0 aromatic rings. The van der Waals surface area contributed by atoms with Gasteiger partial charge in [-0.05, 0) is 6.42 Å². The van der Waals surface area contributed by atoms with Gasteiger partial charge in [-0.2, -0.15) is 0 Å². The third kappa shape index (κ3) is 12.9. The van der Waals surface area contributed by atoms with E-state index in [0.29, 0.717) is 6.42 Å². The predicted octanol–water partition coefficient (Wildman–Crippen LogP) is -1.59. The fourth-order valence-electron chi connectivity index (χ4n) is 6.74. The average molecular weight is 726 g/mol. The van der Waals surface area contributed by atoms with Crippen molar-refractivity contribution in [2.45, 2.75) is 188 Å². The first-order chi connectivity index (χ1) is 23.9. The number of carbonyl (C=O) groups excluding carboxylic acids is 1. The molecule has 0 spiro atoms. The van der Waals surface area contributed by atoms with E-state index in [2.05, 4.69) is 6.92 Å². The molecule has 296 valence electrons. The molecule has 0 unspecified atom stereocenters. The molecule has 16 nitrogen and oxygen atoms in total.